The number of hydrogen-bond acceptors (Lipinski definition) is 2. The summed E-state index contributed by atoms with van der Waals surface area (Å²) in [6.07, 6.45) is 1.88. The third kappa shape index (κ3) is 1.82. The zero-order valence-corrected chi connectivity index (χ0v) is 10.5. The Hall–Kier alpha value is -1.03. The Morgan fingerprint density at radius 1 is 1.25 bits per heavy atom. The first-order valence-electron chi connectivity index (χ1n) is 5.63. The highest BCUT2D eigenvalue weighted by atomic mass is 32.2. The highest BCUT2D eigenvalue weighted by molar-refractivity contribution is 7.93. The van der Waals surface area contributed by atoms with Crippen LogP contribution >= 0.6 is 0 Å². The summed E-state index contributed by atoms with van der Waals surface area (Å²) in [4.78, 5) is 0. The van der Waals surface area contributed by atoms with Crippen LogP contribution in [0.1, 0.15) is 25.8 Å². The summed E-state index contributed by atoms with van der Waals surface area (Å²) in [5.41, 5.74) is 2.00. The van der Waals surface area contributed by atoms with E-state index >= 15 is 0 Å². The molecule has 0 unspecified atom stereocenters. The first-order chi connectivity index (χ1) is 7.53. The van der Waals surface area contributed by atoms with E-state index in [1.54, 1.807) is 18.2 Å². The molecule has 0 spiro atoms. The van der Waals surface area contributed by atoms with E-state index in [1.165, 1.54) is 0 Å². The smallest absolute Gasteiger partial charge is 0.237 e. The number of aryl methyl sites for hydroxylation is 1. The van der Waals surface area contributed by atoms with Crippen LogP contribution in [0.25, 0.3) is 0 Å². The molecule has 0 radical (unpaired) electrons. The van der Waals surface area contributed by atoms with Crippen molar-refractivity contribution in [3.63, 3.8) is 0 Å². The number of benzene rings is 1. The van der Waals surface area contributed by atoms with E-state index < -0.39 is 10.0 Å². The second-order valence-corrected chi connectivity index (χ2v) is 6.81. The molecular formula is C12H17NO2S. The van der Waals surface area contributed by atoms with Gasteiger partial charge in [0.1, 0.15) is 0 Å². The van der Waals surface area contributed by atoms with Crippen molar-refractivity contribution in [2.24, 2.45) is 0 Å². The standard InChI is InChI=1S/C12H17NO2S/c1-10(2)16(14,15)13-9-5-7-11-6-3-4-8-12(11)13/h3-4,6,8,10H,5,7,9H2,1-2H3. The topological polar surface area (TPSA) is 37.4 Å². The van der Waals surface area contributed by atoms with Crippen LogP contribution in [-0.2, 0) is 16.4 Å². The Kier molecular flexibility index (Phi) is 2.93. The molecule has 0 saturated carbocycles. The van der Waals surface area contributed by atoms with Crippen LogP contribution < -0.4 is 4.31 Å². The van der Waals surface area contributed by atoms with Gasteiger partial charge >= 0.3 is 0 Å². The number of nitrogens with zero attached hydrogens (tertiary/aromatic N) is 1. The first kappa shape index (κ1) is 11.5. The third-order valence-corrected chi connectivity index (χ3v) is 5.16. The maximum Gasteiger partial charge on any atom is 0.237 e. The van der Waals surface area contributed by atoms with Crippen LogP contribution in [0.5, 0.6) is 0 Å². The molecule has 1 aliphatic heterocycles. The van der Waals surface area contributed by atoms with E-state index in [9.17, 15) is 8.42 Å². The van der Waals surface area contributed by atoms with Crippen LogP contribution in [0.2, 0.25) is 0 Å². The first-order valence-corrected chi connectivity index (χ1v) is 7.13. The average Bonchev–Trinajstić information content (AvgIpc) is 2.28. The highest BCUT2D eigenvalue weighted by Gasteiger charge is 2.29. The average molecular weight is 239 g/mol. The molecule has 4 heteroatoms. The van der Waals surface area contributed by atoms with Gasteiger partial charge in [0.15, 0.2) is 0 Å². The molecule has 1 aromatic rings. The number of rotatable bonds is 2. The summed E-state index contributed by atoms with van der Waals surface area (Å²) < 4.78 is 25.9. The Morgan fingerprint density at radius 3 is 2.62 bits per heavy atom. The largest absolute Gasteiger partial charge is 0.270 e. The van der Waals surface area contributed by atoms with Crippen LogP contribution in [0.4, 0.5) is 5.69 Å². The molecule has 0 aliphatic carbocycles. The number of para-hydroxylation sites is 1. The lowest BCUT2D eigenvalue weighted by atomic mass is 10.0. The fourth-order valence-corrected chi connectivity index (χ4v) is 3.36. The van der Waals surface area contributed by atoms with Gasteiger partial charge in [-0.05, 0) is 38.3 Å². The van der Waals surface area contributed by atoms with Gasteiger partial charge in [0.05, 0.1) is 10.9 Å². The lowest BCUT2D eigenvalue weighted by molar-refractivity contribution is 0.578. The van der Waals surface area contributed by atoms with Crippen LogP contribution in [0, 0.1) is 0 Å². The van der Waals surface area contributed by atoms with Crippen molar-refractivity contribution < 1.29 is 8.42 Å². The van der Waals surface area contributed by atoms with Crippen molar-refractivity contribution in [3.8, 4) is 0 Å². The molecule has 1 heterocycles. The molecule has 0 bridgehead atoms. The van der Waals surface area contributed by atoms with Gasteiger partial charge in [-0.25, -0.2) is 8.42 Å². The van der Waals surface area contributed by atoms with E-state index in [4.69, 9.17) is 0 Å². The van der Waals surface area contributed by atoms with Gasteiger partial charge in [0.25, 0.3) is 0 Å². The Balaban J connectivity index is 2.47. The summed E-state index contributed by atoms with van der Waals surface area (Å²) in [6.45, 7) is 4.07. The zero-order chi connectivity index (χ0) is 11.8. The minimum atomic E-state index is -3.18. The van der Waals surface area contributed by atoms with E-state index in [0.717, 1.165) is 24.1 Å². The quantitative estimate of drug-likeness (QED) is 0.793. The molecule has 0 fully saturated rings. The molecule has 1 aromatic carbocycles. The van der Waals surface area contributed by atoms with E-state index in [2.05, 4.69) is 0 Å². The molecule has 0 saturated heterocycles. The van der Waals surface area contributed by atoms with E-state index in [-0.39, 0.29) is 5.25 Å². The summed E-state index contributed by atoms with van der Waals surface area (Å²) in [6, 6.07) is 7.77. The van der Waals surface area contributed by atoms with E-state index in [0.29, 0.717) is 6.54 Å². The Labute approximate surface area is 97.1 Å². The number of sulfonamides is 1. The molecule has 88 valence electrons. The van der Waals surface area contributed by atoms with Gasteiger partial charge in [0, 0.05) is 6.54 Å². The zero-order valence-electron chi connectivity index (χ0n) is 9.68. The minimum Gasteiger partial charge on any atom is -0.270 e. The predicted molar refractivity (Wildman–Crippen MR) is 66.2 cm³/mol. The lowest BCUT2D eigenvalue weighted by Gasteiger charge is -2.31. The minimum absolute atomic E-state index is 0.362. The predicted octanol–water partition coefficient (Wildman–Crippen LogP) is 2.18. The van der Waals surface area contributed by atoms with E-state index in [1.807, 2.05) is 24.3 Å². The maximum absolute atomic E-state index is 12.2. The van der Waals surface area contributed by atoms with Gasteiger partial charge in [0.2, 0.25) is 10.0 Å². The maximum atomic E-state index is 12.2. The second-order valence-electron chi connectivity index (χ2n) is 4.40. The van der Waals surface area contributed by atoms with Gasteiger partial charge in [-0.3, -0.25) is 4.31 Å². The van der Waals surface area contributed by atoms with Crippen LogP contribution in [-0.4, -0.2) is 20.2 Å². The molecule has 1 aliphatic rings. The highest BCUT2D eigenvalue weighted by Crippen LogP contribution is 2.30. The van der Waals surface area contributed by atoms with Crippen molar-refractivity contribution in [1.29, 1.82) is 0 Å². The molecular weight excluding hydrogens is 222 g/mol. The SMILES string of the molecule is CC(C)S(=O)(=O)N1CCCc2ccccc21. The summed E-state index contributed by atoms with van der Waals surface area (Å²) in [5.74, 6) is 0. The Bertz CT molecular complexity index is 480. The summed E-state index contributed by atoms with van der Waals surface area (Å²) in [7, 11) is -3.18. The molecule has 0 aromatic heterocycles. The normalized spacial score (nSPS) is 16.3. The summed E-state index contributed by atoms with van der Waals surface area (Å²) in [5, 5.41) is -0.362. The molecule has 0 atom stereocenters. The molecule has 2 rings (SSSR count). The number of fused-ring (bicyclic) bond motifs is 1. The number of anilines is 1. The van der Waals surface area contributed by atoms with Crippen LogP contribution in [0.15, 0.2) is 24.3 Å². The van der Waals surface area contributed by atoms with Gasteiger partial charge in [-0.15, -0.1) is 0 Å². The second kappa shape index (κ2) is 4.09. The lowest BCUT2D eigenvalue weighted by Crippen LogP contribution is -2.39. The Morgan fingerprint density at radius 2 is 1.94 bits per heavy atom. The molecule has 0 N–H and O–H groups in total. The van der Waals surface area contributed by atoms with Crippen LogP contribution in [0.3, 0.4) is 0 Å². The van der Waals surface area contributed by atoms with Crippen molar-refractivity contribution in [1.82, 2.24) is 0 Å². The van der Waals surface area contributed by atoms with Crippen molar-refractivity contribution in [2.45, 2.75) is 31.9 Å². The van der Waals surface area contributed by atoms with Crippen molar-refractivity contribution in [3.05, 3.63) is 29.8 Å². The van der Waals surface area contributed by atoms with Crippen molar-refractivity contribution >= 4 is 15.7 Å². The summed E-state index contributed by atoms with van der Waals surface area (Å²) >= 11 is 0. The van der Waals surface area contributed by atoms with Gasteiger partial charge < -0.3 is 0 Å². The van der Waals surface area contributed by atoms with Gasteiger partial charge in [-0.1, -0.05) is 18.2 Å². The molecule has 0 amide bonds. The molecule has 16 heavy (non-hydrogen) atoms. The van der Waals surface area contributed by atoms with Gasteiger partial charge in [-0.2, -0.15) is 0 Å². The molecule has 3 nitrogen and oxygen atoms in total. The number of hydrogen-bond donors (Lipinski definition) is 0. The monoisotopic (exact) mass is 239 g/mol. The van der Waals surface area contributed by atoms with Crippen molar-refractivity contribution in [2.75, 3.05) is 10.8 Å². The third-order valence-electron chi connectivity index (χ3n) is 2.97. The fourth-order valence-electron chi connectivity index (χ4n) is 2.02. The fraction of sp³-hybridized carbons (Fsp3) is 0.500.